The molecule has 1 rings (SSSR count). The van der Waals surface area contributed by atoms with Crippen LogP contribution in [0.2, 0.25) is 0 Å². The van der Waals surface area contributed by atoms with E-state index in [1.165, 1.54) is 19.3 Å². The molecule has 0 saturated carbocycles. The standard InChI is InChI=1S/C11H21NO2/c1-2-3-4-5-8-12-9-6-7-10(12)11(13)14/h10H,2-9H2,1H3,(H,13,14). The Balaban J connectivity index is 2.19. The zero-order valence-corrected chi connectivity index (χ0v) is 9.04. The van der Waals surface area contributed by atoms with E-state index < -0.39 is 5.97 Å². The number of aliphatic carboxylic acids is 1. The molecule has 1 N–H and O–H groups in total. The Hall–Kier alpha value is -0.570. The molecular weight excluding hydrogens is 178 g/mol. The summed E-state index contributed by atoms with van der Waals surface area (Å²) in [6.07, 6.45) is 6.78. The molecule has 1 fully saturated rings. The molecule has 1 saturated heterocycles. The molecule has 1 unspecified atom stereocenters. The molecule has 3 nitrogen and oxygen atoms in total. The highest BCUT2D eigenvalue weighted by atomic mass is 16.4. The number of rotatable bonds is 6. The van der Waals surface area contributed by atoms with Gasteiger partial charge in [0.2, 0.25) is 0 Å². The number of nitrogens with zero attached hydrogens (tertiary/aromatic N) is 1. The molecule has 0 amide bonds. The quantitative estimate of drug-likeness (QED) is 0.666. The molecule has 0 aromatic carbocycles. The SMILES string of the molecule is CCCCCCN1CCCC1C(=O)O. The zero-order chi connectivity index (χ0) is 10.4. The van der Waals surface area contributed by atoms with Gasteiger partial charge >= 0.3 is 5.97 Å². The van der Waals surface area contributed by atoms with Crippen LogP contribution >= 0.6 is 0 Å². The summed E-state index contributed by atoms with van der Waals surface area (Å²) in [5.41, 5.74) is 0. The molecule has 1 aliphatic heterocycles. The van der Waals surface area contributed by atoms with Gasteiger partial charge in [0.15, 0.2) is 0 Å². The number of carbonyl (C=O) groups is 1. The lowest BCUT2D eigenvalue weighted by molar-refractivity contribution is -0.142. The van der Waals surface area contributed by atoms with Crippen LogP contribution in [0.25, 0.3) is 0 Å². The van der Waals surface area contributed by atoms with Crippen LogP contribution in [0, 0.1) is 0 Å². The monoisotopic (exact) mass is 199 g/mol. The third kappa shape index (κ3) is 3.29. The average molecular weight is 199 g/mol. The smallest absolute Gasteiger partial charge is 0.320 e. The third-order valence-electron chi connectivity index (χ3n) is 2.95. The number of hydrogen-bond donors (Lipinski definition) is 1. The Labute approximate surface area is 86.1 Å². The fourth-order valence-corrected chi connectivity index (χ4v) is 2.12. The maximum atomic E-state index is 10.9. The highest BCUT2D eigenvalue weighted by Crippen LogP contribution is 2.18. The summed E-state index contributed by atoms with van der Waals surface area (Å²) in [6, 6.07) is -0.198. The molecule has 1 atom stereocenters. The number of carboxylic acid groups (broad SMARTS) is 1. The van der Waals surface area contributed by atoms with Crippen LogP contribution < -0.4 is 0 Å². The van der Waals surface area contributed by atoms with Gasteiger partial charge in [-0.1, -0.05) is 26.2 Å². The molecule has 1 aliphatic rings. The summed E-state index contributed by atoms with van der Waals surface area (Å²) in [6.45, 7) is 4.13. The second kappa shape index (κ2) is 6.02. The average Bonchev–Trinajstić information content (AvgIpc) is 2.60. The van der Waals surface area contributed by atoms with Crippen molar-refractivity contribution >= 4 is 5.97 Å². The molecule has 3 heteroatoms. The van der Waals surface area contributed by atoms with Gasteiger partial charge in [0.25, 0.3) is 0 Å². The van der Waals surface area contributed by atoms with Crippen molar-refractivity contribution in [3.8, 4) is 0 Å². The van der Waals surface area contributed by atoms with Crippen LogP contribution in [0.15, 0.2) is 0 Å². The van der Waals surface area contributed by atoms with Crippen molar-refractivity contribution in [2.45, 2.75) is 51.5 Å². The van der Waals surface area contributed by atoms with Crippen LogP contribution in [0.3, 0.4) is 0 Å². The highest BCUT2D eigenvalue weighted by Gasteiger charge is 2.29. The van der Waals surface area contributed by atoms with Gasteiger partial charge in [0.05, 0.1) is 0 Å². The number of likely N-dealkylation sites (tertiary alicyclic amines) is 1. The van der Waals surface area contributed by atoms with Gasteiger partial charge in [-0.2, -0.15) is 0 Å². The minimum absolute atomic E-state index is 0.198. The fraction of sp³-hybridized carbons (Fsp3) is 0.909. The molecule has 0 aliphatic carbocycles. The Morgan fingerprint density at radius 1 is 1.43 bits per heavy atom. The fourth-order valence-electron chi connectivity index (χ4n) is 2.12. The first kappa shape index (κ1) is 11.5. The van der Waals surface area contributed by atoms with Crippen LogP contribution in [-0.2, 0) is 4.79 Å². The number of hydrogen-bond acceptors (Lipinski definition) is 2. The molecule has 0 spiro atoms. The largest absolute Gasteiger partial charge is 0.480 e. The molecule has 0 aromatic rings. The van der Waals surface area contributed by atoms with Crippen molar-refractivity contribution in [3.05, 3.63) is 0 Å². The van der Waals surface area contributed by atoms with E-state index in [1.54, 1.807) is 0 Å². The van der Waals surface area contributed by atoms with Crippen molar-refractivity contribution in [2.24, 2.45) is 0 Å². The molecule has 0 aromatic heterocycles. The van der Waals surface area contributed by atoms with Gasteiger partial charge in [-0.25, -0.2) is 0 Å². The van der Waals surface area contributed by atoms with E-state index in [-0.39, 0.29) is 6.04 Å². The van der Waals surface area contributed by atoms with Crippen molar-refractivity contribution < 1.29 is 9.90 Å². The molecule has 0 radical (unpaired) electrons. The van der Waals surface area contributed by atoms with E-state index >= 15 is 0 Å². The third-order valence-corrected chi connectivity index (χ3v) is 2.95. The normalized spacial score (nSPS) is 22.8. The van der Waals surface area contributed by atoms with Gasteiger partial charge in [-0.3, -0.25) is 9.69 Å². The van der Waals surface area contributed by atoms with Crippen LogP contribution in [0.4, 0.5) is 0 Å². The number of unbranched alkanes of at least 4 members (excludes halogenated alkanes) is 3. The van der Waals surface area contributed by atoms with E-state index in [0.717, 1.165) is 32.4 Å². The van der Waals surface area contributed by atoms with E-state index in [4.69, 9.17) is 5.11 Å². The van der Waals surface area contributed by atoms with Crippen molar-refractivity contribution in [2.75, 3.05) is 13.1 Å². The predicted molar refractivity (Wildman–Crippen MR) is 56.4 cm³/mol. The minimum atomic E-state index is -0.641. The predicted octanol–water partition coefficient (Wildman–Crippen LogP) is 2.12. The highest BCUT2D eigenvalue weighted by molar-refractivity contribution is 5.73. The second-order valence-electron chi connectivity index (χ2n) is 4.09. The van der Waals surface area contributed by atoms with Gasteiger partial charge in [-0.05, 0) is 32.4 Å². The molecule has 1 heterocycles. The first-order chi connectivity index (χ1) is 6.75. The Bertz CT molecular complexity index is 182. The van der Waals surface area contributed by atoms with E-state index in [1.807, 2.05) is 0 Å². The molecule has 0 bridgehead atoms. The van der Waals surface area contributed by atoms with Gasteiger partial charge < -0.3 is 5.11 Å². The van der Waals surface area contributed by atoms with Crippen LogP contribution in [-0.4, -0.2) is 35.1 Å². The lowest BCUT2D eigenvalue weighted by Gasteiger charge is -2.20. The maximum Gasteiger partial charge on any atom is 0.320 e. The summed E-state index contributed by atoms with van der Waals surface area (Å²) in [7, 11) is 0. The lowest BCUT2D eigenvalue weighted by atomic mass is 10.2. The molecular formula is C11H21NO2. The summed E-state index contributed by atoms with van der Waals surface area (Å²) in [5.74, 6) is -0.641. The van der Waals surface area contributed by atoms with Crippen LogP contribution in [0.5, 0.6) is 0 Å². The van der Waals surface area contributed by atoms with Gasteiger partial charge in [0.1, 0.15) is 6.04 Å². The minimum Gasteiger partial charge on any atom is -0.480 e. The first-order valence-electron chi connectivity index (χ1n) is 5.72. The van der Waals surface area contributed by atoms with E-state index in [2.05, 4.69) is 11.8 Å². The molecule has 82 valence electrons. The van der Waals surface area contributed by atoms with Crippen LogP contribution in [0.1, 0.15) is 45.4 Å². The summed E-state index contributed by atoms with van der Waals surface area (Å²) >= 11 is 0. The second-order valence-corrected chi connectivity index (χ2v) is 4.09. The van der Waals surface area contributed by atoms with Gasteiger partial charge in [-0.15, -0.1) is 0 Å². The van der Waals surface area contributed by atoms with E-state index in [9.17, 15) is 4.79 Å². The van der Waals surface area contributed by atoms with Crippen molar-refractivity contribution in [1.29, 1.82) is 0 Å². The Morgan fingerprint density at radius 2 is 2.21 bits per heavy atom. The van der Waals surface area contributed by atoms with Gasteiger partial charge in [0, 0.05) is 0 Å². The Morgan fingerprint density at radius 3 is 2.86 bits per heavy atom. The first-order valence-corrected chi connectivity index (χ1v) is 5.72. The topological polar surface area (TPSA) is 40.5 Å². The zero-order valence-electron chi connectivity index (χ0n) is 9.04. The lowest BCUT2D eigenvalue weighted by Crippen LogP contribution is -2.36. The maximum absolute atomic E-state index is 10.9. The van der Waals surface area contributed by atoms with Crippen molar-refractivity contribution in [1.82, 2.24) is 4.90 Å². The Kier molecular flexibility index (Phi) is 4.94. The molecule has 14 heavy (non-hydrogen) atoms. The summed E-state index contributed by atoms with van der Waals surface area (Å²) < 4.78 is 0. The summed E-state index contributed by atoms with van der Waals surface area (Å²) in [5, 5.41) is 8.94. The van der Waals surface area contributed by atoms with E-state index in [0.29, 0.717) is 0 Å². The van der Waals surface area contributed by atoms with Crippen molar-refractivity contribution in [3.63, 3.8) is 0 Å². The number of carboxylic acids is 1. The summed E-state index contributed by atoms with van der Waals surface area (Å²) in [4.78, 5) is 13.0.